The first-order valence-electron chi connectivity index (χ1n) is 14.5. The Hall–Kier alpha value is -3.62. The first kappa shape index (κ1) is 31.8. The van der Waals surface area contributed by atoms with E-state index in [0.717, 1.165) is 17.0 Å². The fraction of sp³-hybridized carbons (Fsp3) is 0.387. The average Bonchev–Trinajstić information content (AvgIpc) is 3.34. The average molecular weight is 641 g/mol. The zero-order chi connectivity index (χ0) is 31.4. The maximum atomic E-state index is 13.4. The second-order valence-corrected chi connectivity index (χ2v) is 13.9. The molecule has 5 rings (SSSR count). The summed E-state index contributed by atoms with van der Waals surface area (Å²) < 4.78 is 38.4. The Morgan fingerprint density at radius 2 is 1.68 bits per heavy atom. The number of benzene rings is 2. The highest BCUT2D eigenvalue weighted by atomic mass is 32.2. The van der Waals surface area contributed by atoms with Crippen molar-refractivity contribution in [2.45, 2.75) is 57.4 Å². The summed E-state index contributed by atoms with van der Waals surface area (Å²) in [6.45, 7) is 7.91. The Balaban J connectivity index is 1.36. The number of nitrogens with one attached hydrogen (secondary N) is 2. The van der Waals surface area contributed by atoms with Gasteiger partial charge in [0.15, 0.2) is 0 Å². The highest BCUT2D eigenvalue weighted by Gasteiger charge is 2.33. The number of alkyl carbamates (subject to hydrolysis) is 1. The molecule has 0 bridgehead atoms. The van der Waals surface area contributed by atoms with Crippen molar-refractivity contribution in [3.8, 4) is 0 Å². The summed E-state index contributed by atoms with van der Waals surface area (Å²) in [6.07, 6.45) is -0.755. The molecule has 0 saturated carbocycles. The lowest BCUT2D eigenvalue weighted by atomic mass is 10.0. The van der Waals surface area contributed by atoms with Gasteiger partial charge in [-0.25, -0.2) is 13.2 Å². The molecule has 1 fully saturated rings. The number of hydrogen-bond donors (Lipinski definition) is 2. The Labute approximate surface area is 261 Å². The van der Waals surface area contributed by atoms with Gasteiger partial charge in [0.05, 0.1) is 29.3 Å². The summed E-state index contributed by atoms with van der Waals surface area (Å²) >= 11 is 1.29. The maximum absolute atomic E-state index is 13.4. The first-order chi connectivity index (χ1) is 21.0. The van der Waals surface area contributed by atoms with Gasteiger partial charge < -0.3 is 14.8 Å². The Morgan fingerprint density at radius 3 is 2.34 bits per heavy atom. The molecule has 11 nitrogen and oxygen atoms in total. The van der Waals surface area contributed by atoms with Crippen LogP contribution in [0, 0.1) is 0 Å². The van der Waals surface area contributed by atoms with Gasteiger partial charge in [0.1, 0.15) is 5.00 Å². The first-order valence-corrected chi connectivity index (χ1v) is 16.8. The molecule has 234 valence electrons. The van der Waals surface area contributed by atoms with Crippen LogP contribution in [0.15, 0.2) is 59.5 Å². The second kappa shape index (κ2) is 13.6. The Kier molecular flexibility index (Phi) is 9.81. The molecule has 2 N–H and O–H groups in total. The van der Waals surface area contributed by atoms with Gasteiger partial charge in [-0.15, -0.1) is 11.3 Å². The minimum Gasteiger partial charge on any atom is -0.450 e. The van der Waals surface area contributed by atoms with E-state index in [0.29, 0.717) is 24.5 Å². The van der Waals surface area contributed by atoms with Crippen LogP contribution in [0.4, 0.5) is 9.80 Å². The topological polar surface area (TPSA) is 134 Å². The second-order valence-electron chi connectivity index (χ2n) is 10.9. The van der Waals surface area contributed by atoms with Crippen LogP contribution in [0.25, 0.3) is 0 Å². The molecule has 3 amide bonds. The lowest BCUT2D eigenvalue weighted by molar-refractivity contribution is -0.0440. The van der Waals surface area contributed by atoms with Crippen molar-refractivity contribution in [2.24, 2.45) is 0 Å². The molecule has 44 heavy (non-hydrogen) atoms. The van der Waals surface area contributed by atoms with E-state index < -0.39 is 27.9 Å². The molecule has 2 aliphatic heterocycles. The summed E-state index contributed by atoms with van der Waals surface area (Å²) in [6, 6.07) is 15.8. The molecule has 2 unspecified atom stereocenters. The number of ether oxygens (including phenoxy) is 2. The number of carbonyl (C=O) groups is 3. The molecule has 2 aromatic carbocycles. The molecule has 2 aliphatic rings. The fourth-order valence-corrected chi connectivity index (χ4v) is 8.39. The number of carbonyl (C=O) groups excluding carboxylic acids is 3. The van der Waals surface area contributed by atoms with Crippen LogP contribution in [-0.2, 0) is 39.0 Å². The van der Waals surface area contributed by atoms with E-state index in [1.165, 1.54) is 45.5 Å². The number of hydrogen-bond acceptors (Lipinski definition) is 9. The van der Waals surface area contributed by atoms with Crippen molar-refractivity contribution < 1.29 is 32.3 Å². The van der Waals surface area contributed by atoms with Crippen LogP contribution < -0.4 is 10.6 Å². The van der Waals surface area contributed by atoms with Crippen molar-refractivity contribution in [1.82, 2.24) is 14.5 Å². The van der Waals surface area contributed by atoms with E-state index in [-0.39, 0.29) is 47.9 Å². The molecular formula is C31H36N4O7S2. The quantitative estimate of drug-likeness (QED) is 0.374. The number of imide groups is 1. The third kappa shape index (κ3) is 7.19. The van der Waals surface area contributed by atoms with E-state index >= 15 is 0 Å². The van der Waals surface area contributed by atoms with Crippen LogP contribution in [-0.4, -0.2) is 74.0 Å². The lowest BCUT2D eigenvalue weighted by Crippen LogP contribution is -2.48. The van der Waals surface area contributed by atoms with E-state index in [9.17, 15) is 22.8 Å². The lowest BCUT2D eigenvalue weighted by Gasteiger charge is -2.34. The summed E-state index contributed by atoms with van der Waals surface area (Å²) in [5.74, 6) is -1.16. The molecule has 1 saturated heterocycles. The predicted molar refractivity (Wildman–Crippen MR) is 166 cm³/mol. The molecule has 0 spiro atoms. The van der Waals surface area contributed by atoms with Gasteiger partial charge in [-0.1, -0.05) is 30.3 Å². The van der Waals surface area contributed by atoms with Crippen LogP contribution in [0.1, 0.15) is 57.5 Å². The number of sulfonamides is 1. The SMILES string of the molecule is CCOC(=O)NC(=O)c1c(NC(=O)c2ccc(S(=O)(=O)N3CC(C)OC(C)C3)cc2)sc2c1CCN(Cc1ccccc1)C2. The summed E-state index contributed by atoms with van der Waals surface area (Å²) in [5, 5.41) is 5.42. The smallest absolute Gasteiger partial charge is 0.414 e. The van der Waals surface area contributed by atoms with Crippen LogP contribution in [0.2, 0.25) is 0 Å². The largest absolute Gasteiger partial charge is 0.450 e. The van der Waals surface area contributed by atoms with Crippen LogP contribution in [0.5, 0.6) is 0 Å². The van der Waals surface area contributed by atoms with Crippen molar-refractivity contribution in [3.63, 3.8) is 0 Å². The monoisotopic (exact) mass is 640 g/mol. The number of thiophene rings is 1. The standard InChI is InChI=1S/C31H36N4O7S2/c1-4-41-31(38)33-29(37)27-25-14-15-34(18-22-8-6-5-7-9-22)19-26(25)43-30(27)32-28(36)23-10-12-24(13-11-23)44(39,40)35-16-20(2)42-21(3)17-35/h5-13,20-21H,4,14-19H2,1-3H3,(H,32,36)(H,33,37,38). The number of morpholine rings is 1. The van der Waals surface area contributed by atoms with Crippen molar-refractivity contribution in [1.29, 1.82) is 0 Å². The normalized spacial score (nSPS) is 19.2. The van der Waals surface area contributed by atoms with Gasteiger partial charge in [-0.05, 0) is 62.6 Å². The van der Waals surface area contributed by atoms with Gasteiger partial charge in [0.2, 0.25) is 10.0 Å². The molecule has 1 aromatic heterocycles. The molecule has 2 atom stereocenters. The van der Waals surface area contributed by atoms with Gasteiger partial charge >= 0.3 is 6.09 Å². The molecule has 13 heteroatoms. The maximum Gasteiger partial charge on any atom is 0.414 e. The van der Waals surface area contributed by atoms with Gasteiger partial charge in [-0.3, -0.25) is 19.8 Å². The summed E-state index contributed by atoms with van der Waals surface area (Å²) in [4.78, 5) is 42.0. The third-order valence-electron chi connectivity index (χ3n) is 7.47. The van der Waals surface area contributed by atoms with E-state index in [1.54, 1.807) is 6.92 Å². The van der Waals surface area contributed by atoms with Crippen LogP contribution >= 0.6 is 11.3 Å². The number of anilines is 1. The minimum absolute atomic E-state index is 0.0787. The molecular weight excluding hydrogens is 604 g/mol. The number of rotatable bonds is 8. The minimum atomic E-state index is -3.77. The fourth-order valence-electron chi connectivity index (χ4n) is 5.51. The third-order valence-corrected chi connectivity index (χ3v) is 10.4. The Bertz CT molecular complexity index is 1610. The number of fused-ring (bicyclic) bond motifs is 1. The summed E-state index contributed by atoms with van der Waals surface area (Å²) in [7, 11) is -3.77. The molecule has 3 aromatic rings. The number of amides is 3. The Morgan fingerprint density at radius 1 is 1.00 bits per heavy atom. The highest BCUT2D eigenvalue weighted by Crippen LogP contribution is 2.38. The van der Waals surface area contributed by atoms with Crippen molar-refractivity contribution in [3.05, 3.63) is 81.7 Å². The molecule has 0 radical (unpaired) electrons. The molecule has 3 heterocycles. The summed E-state index contributed by atoms with van der Waals surface area (Å²) in [5.41, 5.74) is 2.42. The van der Waals surface area contributed by atoms with E-state index in [4.69, 9.17) is 9.47 Å². The number of nitrogens with zero attached hydrogens (tertiary/aromatic N) is 2. The van der Waals surface area contributed by atoms with Gasteiger partial charge in [-0.2, -0.15) is 4.31 Å². The van der Waals surface area contributed by atoms with Crippen LogP contribution in [0.3, 0.4) is 0 Å². The van der Waals surface area contributed by atoms with Crippen molar-refractivity contribution >= 4 is 44.3 Å². The zero-order valence-electron chi connectivity index (χ0n) is 24.9. The molecule has 0 aliphatic carbocycles. The van der Waals surface area contributed by atoms with Gasteiger partial charge in [0.25, 0.3) is 11.8 Å². The predicted octanol–water partition coefficient (Wildman–Crippen LogP) is 4.24. The van der Waals surface area contributed by atoms with Gasteiger partial charge in [0, 0.05) is 43.2 Å². The van der Waals surface area contributed by atoms with E-state index in [1.807, 2.05) is 32.0 Å². The van der Waals surface area contributed by atoms with Crippen molar-refractivity contribution in [2.75, 3.05) is 31.6 Å². The van der Waals surface area contributed by atoms with E-state index in [2.05, 4.69) is 27.7 Å². The highest BCUT2D eigenvalue weighted by molar-refractivity contribution is 7.89. The zero-order valence-corrected chi connectivity index (χ0v) is 26.5.